The second-order valence-corrected chi connectivity index (χ2v) is 9.18. The highest BCUT2D eigenvalue weighted by atomic mass is 19.1. The lowest BCUT2D eigenvalue weighted by molar-refractivity contribution is -0.142. The van der Waals surface area contributed by atoms with Gasteiger partial charge in [-0.1, -0.05) is 30.0 Å². The Kier molecular flexibility index (Phi) is 7.86. The molecule has 1 aromatic heterocycles. The minimum atomic E-state index is -1.64. The molecule has 10 heteroatoms. The number of nitrogens with zero attached hydrogens (tertiary/aromatic N) is 4. The Labute approximate surface area is 219 Å². The number of halogens is 2. The largest absolute Gasteiger partial charge is 0.350 e. The van der Waals surface area contributed by atoms with E-state index in [1.807, 2.05) is 29.6 Å². The summed E-state index contributed by atoms with van der Waals surface area (Å²) >= 11 is 0. The van der Waals surface area contributed by atoms with Gasteiger partial charge < -0.3 is 9.80 Å². The van der Waals surface area contributed by atoms with Crippen molar-refractivity contribution in [3.63, 3.8) is 0 Å². The number of hydrogen-bond donors (Lipinski definition) is 1. The second kappa shape index (κ2) is 11.3. The first-order valence-corrected chi connectivity index (χ1v) is 12.1. The summed E-state index contributed by atoms with van der Waals surface area (Å²) in [5.41, 5.74) is -0.328. The molecule has 38 heavy (non-hydrogen) atoms. The normalized spacial score (nSPS) is 17.1. The molecule has 0 radical (unpaired) electrons. The van der Waals surface area contributed by atoms with Gasteiger partial charge in [0.05, 0.1) is 6.42 Å². The Bertz CT molecular complexity index is 1390. The molecule has 0 aliphatic carbocycles. The third-order valence-electron chi connectivity index (χ3n) is 6.63. The molecule has 196 valence electrons. The van der Waals surface area contributed by atoms with E-state index < -0.39 is 41.1 Å². The monoisotopic (exact) mass is 519 g/mol. The van der Waals surface area contributed by atoms with Gasteiger partial charge in [-0.15, -0.1) is 0 Å². The highest BCUT2D eigenvalue weighted by molar-refractivity contribution is 5.98. The molecule has 0 bridgehead atoms. The smallest absolute Gasteiger partial charge is 0.248 e. The highest BCUT2D eigenvalue weighted by Gasteiger charge is 2.48. The van der Waals surface area contributed by atoms with E-state index in [-0.39, 0.29) is 25.1 Å². The molecule has 2 aromatic carbocycles. The van der Waals surface area contributed by atoms with Crippen molar-refractivity contribution in [3.8, 4) is 11.8 Å². The second-order valence-electron chi connectivity index (χ2n) is 9.18. The number of aromatic nitrogens is 2. The summed E-state index contributed by atoms with van der Waals surface area (Å²) in [7, 11) is 1.79. The van der Waals surface area contributed by atoms with Gasteiger partial charge in [0.15, 0.2) is 11.6 Å². The van der Waals surface area contributed by atoms with E-state index in [0.717, 1.165) is 17.8 Å². The number of carbonyl (C=O) groups excluding carboxylic acids is 3. The Morgan fingerprint density at radius 1 is 1.11 bits per heavy atom. The minimum absolute atomic E-state index is 0.0743. The van der Waals surface area contributed by atoms with Gasteiger partial charge in [-0.25, -0.2) is 8.78 Å². The van der Waals surface area contributed by atoms with Crippen LogP contribution in [0.4, 0.5) is 14.5 Å². The van der Waals surface area contributed by atoms with Gasteiger partial charge >= 0.3 is 0 Å². The summed E-state index contributed by atoms with van der Waals surface area (Å²) < 4.78 is 32.5. The Hall–Kier alpha value is -4.52. The Morgan fingerprint density at radius 2 is 1.79 bits per heavy atom. The van der Waals surface area contributed by atoms with Crippen molar-refractivity contribution in [3.05, 3.63) is 83.2 Å². The van der Waals surface area contributed by atoms with Crippen molar-refractivity contribution in [1.82, 2.24) is 20.0 Å². The summed E-state index contributed by atoms with van der Waals surface area (Å²) in [5.74, 6) is 2.61. The van der Waals surface area contributed by atoms with Crippen LogP contribution in [-0.4, -0.2) is 58.1 Å². The fourth-order valence-corrected chi connectivity index (χ4v) is 4.65. The number of nitrogens with one attached hydrogen (secondary N) is 1. The molecule has 2 heterocycles. The van der Waals surface area contributed by atoms with Crippen LogP contribution in [0.15, 0.2) is 54.7 Å². The quantitative estimate of drug-likeness (QED) is 0.383. The summed E-state index contributed by atoms with van der Waals surface area (Å²) in [5, 5.41) is 6.15. The average Bonchev–Trinajstić information content (AvgIpc) is 3.30. The van der Waals surface area contributed by atoms with Crippen LogP contribution in [0, 0.1) is 23.5 Å². The van der Waals surface area contributed by atoms with Crippen molar-refractivity contribution in [1.29, 1.82) is 0 Å². The highest BCUT2D eigenvalue weighted by Crippen LogP contribution is 2.36. The van der Waals surface area contributed by atoms with E-state index >= 15 is 8.78 Å². The molecule has 1 unspecified atom stereocenters. The van der Waals surface area contributed by atoms with E-state index in [9.17, 15) is 14.4 Å². The van der Waals surface area contributed by atoms with Gasteiger partial charge in [0, 0.05) is 56.1 Å². The third-order valence-corrected chi connectivity index (χ3v) is 6.63. The SMILES string of the molecule is Cn1nccc1CCN1CCN(c2c(F)cc(C#Cc3ccccc3)cc2F)C(C)(CC(=O)NC=O)C1=O. The van der Waals surface area contributed by atoms with Crippen LogP contribution in [0.1, 0.15) is 30.2 Å². The van der Waals surface area contributed by atoms with E-state index in [1.165, 1.54) is 11.8 Å². The Morgan fingerprint density at radius 3 is 2.42 bits per heavy atom. The van der Waals surface area contributed by atoms with Crippen molar-refractivity contribution >= 4 is 23.9 Å². The summed E-state index contributed by atoms with van der Waals surface area (Å²) in [6.45, 7) is 2.05. The number of piperazine rings is 1. The third kappa shape index (κ3) is 5.57. The molecule has 1 saturated heterocycles. The fraction of sp³-hybridized carbons (Fsp3) is 0.286. The summed E-state index contributed by atoms with van der Waals surface area (Å²) in [4.78, 5) is 39.8. The molecule has 3 aromatic rings. The molecule has 0 saturated carbocycles. The summed E-state index contributed by atoms with van der Waals surface area (Å²) in [6, 6.07) is 13.1. The van der Waals surface area contributed by atoms with Crippen LogP contribution in [0.3, 0.4) is 0 Å². The summed E-state index contributed by atoms with van der Waals surface area (Å²) in [6.07, 6.45) is 1.91. The molecular formula is C28H27F2N5O3. The van der Waals surface area contributed by atoms with Crippen molar-refractivity contribution < 1.29 is 23.2 Å². The molecule has 1 N–H and O–H groups in total. The number of carbonyl (C=O) groups is 3. The lowest BCUT2D eigenvalue weighted by Gasteiger charge is -2.48. The zero-order valence-corrected chi connectivity index (χ0v) is 21.1. The minimum Gasteiger partial charge on any atom is -0.350 e. The van der Waals surface area contributed by atoms with Crippen LogP contribution in [-0.2, 0) is 27.9 Å². The van der Waals surface area contributed by atoms with E-state index in [2.05, 4.69) is 16.9 Å². The Balaban J connectivity index is 1.64. The van der Waals surface area contributed by atoms with E-state index in [1.54, 1.807) is 35.0 Å². The first-order chi connectivity index (χ1) is 18.2. The van der Waals surface area contributed by atoms with Crippen LogP contribution >= 0.6 is 0 Å². The van der Waals surface area contributed by atoms with E-state index in [4.69, 9.17) is 0 Å². The number of aryl methyl sites for hydroxylation is 1. The molecule has 4 rings (SSSR count). The average molecular weight is 520 g/mol. The molecular weight excluding hydrogens is 492 g/mol. The zero-order valence-electron chi connectivity index (χ0n) is 21.1. The maximum absolute atomic E-state index is 15.4. The topological polar surface area (TPSA) is 87.5 Å². The van der Waals surface area contributed by atoms with Crippen LogP contribution in [0.25, 0.3) is 0 Å². The molecule has 0 spiro atoms. The van der Waals surface area contributed by atoms with Gasteiger partial charge in [-0.05, 0) is 37.3 Å². The lowest BCUT2D eigenvalue weighted by atomic mass is 9.89. The standard InChI is InChI=1S/C28H27F2N5O3/c1-28(18-25(37)31-19-36)27(38)34(13-11-22-10-12-32-33(22)2)14-15-35(28)26-23(29)16-21(17-24(26)30)9-8-20-6-4-3-5-7-20/h3-7,10,12,16-17,19H,11,13-15,18H2,1-2H3,(H,31,36,37). The molecule has 8 nitrogen and oxygen atoms in total. The maximum Gasteiger partial charge on any atom is 0.248 e. The number of amides is 3. The number of anilines is 1. The van der Waals surface area contributed by atoms with Crippen LogP contribution in [0.2, 0.25) is 0 Å². The van der Waals surface area contributed by atoms with Gasteiger partial charge in [0.25, 0.3) is 0 Å². The van der Waals surface area contributed by atoms with Gasteiger partial charge in [-0.3, -0.25) is 24.4 Å². The molecule has 3 amide bonds. The predicted molar refractivity (Wildman–Crippen MR) is 137 cm³/mol. The molecule has 1 fully saturated rings. The maximum atomic E-state index is 15.4. The first-order valence-electron chi connectivity index (χ1n) is 12.1. The van der Waals surface area contributed by atoms with Crippen molar-refractivity contribution in [2.75, 3.05) is 24.5 Å². The predicted octanol–water partition coefficient (Wildman–Crippen LogP) is 2.41. The molecule has 1 atom stereocenters. The fourth-order valence-electron chi connectivity index (χ4n) is 4.65. The molecule has 1 aliphatic rings. The molecule has 1 aliphatic heterocycles. The van der Waals surface area contributed by atoms with Gasteiger partial charge in [0.1, 0.15) is 11.2 Å². The van der Waals surface area contributed by atoms with E-state index in [0.29, 0.717) is 18.5 Å². The van der Waals surface area contributed by atoms with Crippen LogP contribution < -0.4 is 10.2 Å². The zero-order chi connectivity index (χ0) is 27.3. The number of hydrogen-bond acceptors (Lipinski definition) is 5. The van der Waals surface area contributed by atoms with Crippen molar-refractivity contribution in [2.45, 2.75) is 25.3 Å². The van der Waals surface area contributed by atoms with Crippen LogP contribution in [0.5, 0.6) is 0 Å². The number of benzene rings is 2. The number of rotatable bonds is 7. The lowest BCUT2D eigenvalue weighted by Crippen LogP contribution is -2.66. The number of imide groups is 1. The van der Waals surface area contributed by atoms with Crippen molar-refractivity contribution in [2.24, 2.45) is 7.05 Å². The first kappa shape index (κ1) is 26.5. The van der Waals surface area contributed by atoms with Gasteiger partial charge in [0.2, 0.25) is 18.2 Å². The van der Waals surface area contributed by atoms with Gasteiger partial charge in [-0.2, -0.15) is 5.10 Å².